The van der Waals surface area contributed by atoms with Gasteiger partial charge in [-0.2, -0.15) is 0 Å². The number of halogens is 2. The Bertz CT molecular complexity index is 602. The molecule has 0 aromatic heterocycles. The first kappa shape index (κ1) is 15.1. The molecule has 0 aliphatic carbocycles. The van der Waals surface area contributed by atoms with Gasteiger partial charge in [0.1, 0.15) is 17.2 Å². The summed E-state index contributed by atoms with van der Waals surface area (Å²) in [5, 5.41) is 0. The highest BCUT2D eigenvalue weighted by atomic mass is 19.1. The molecule has 0 spiro atoms. The third kappa shape index (κ3) is 3.41. The minimum Gasteiger partial charge on any atom is -0.496 e. The van der Waals surface area contributed by atoms with Crippen molar-refractivity contribution in [3.8, 4) is 23.0 Å². The van der Waals surface area contributed by atoms with E-state index in [4.69, 9.17) is 19.9 Å². The molecule has 0 radical (unpaired) electrons. The summed E-state index contributed by atoms with van der Waals surface area (Å²) >= 11 is 0. The van der Waals surface area contributed by atoms with Gasteiger partial charge in [-0.3, -0.25) is 0 Å². The molecule has 0 heterocycles. The summed E-state index contributed by atoms with van der Waals surface area (Å²) in [5.41, 5.74) is 5.71. The first-order valence-corrected chi connectivity index (χ1v) is 6.16. The lowest BCUT2D eigenvalue weighted by molar-refractivity contribution is 0.376. The number of rotatable bonds is 5. The Hall–Kier alpha value is -2.34. The summed E-state index contributed by atoms with van der Waals surface area (Å²) in [6, 6.07) is 6.89. The van der Waals surface area contributed by atoms with Gasteiger partial charge in [0, 0.05) is 24.7 Å². The Morgan fingerprint density at radius 3 is 1.76 bits per heavy atom. The van der Waals surface area contributed by atoms with Gasteiger partial charge < -0.3 is 19.9 Å². The van der Waals surface area contributed by atoms with Crippen LogP contribution < -0.4 is 19.9 Å². The average Bonchev–Trinajstić information content (AvgIpc) is 2.50. The topological polar surface area (TPSA) is 53.7 Å². The molecule has 0 aliphatic rings. The van der Waals surface area contributed by atoms with E-state index in [-0.39, 0.29) is 12.3 Å². The van der Waals surface area contributed by atoms with E-state index >= 15 is 0 Å². The van der Waals surface area contributed by atoms with E-state index in [9.17, 15) is 8.78 Å². The van der Waals surface area contributed by atoms with Crippen molar-refractivity contribution in [1.82, 2.24) is 0 Å². The lowest BCUT2D eigenvalue weighted by Crippen LogP contribution is -2.00. The van der Waals surface area contributed by atoms with Crippen molar-refractivity contribution in [3.63, 3.8) is 0 Å². The normalized spacial score (nSPS) is 10.3. The predicted molar refractivity (Wildman–Crippen MR) is 73.9 cm³/mol. The summed E-state index contributed by atoms with van der Waals surface area (Å²) in [4.78, 5) is 0. The Balaban J connectivity index is 2.38. The van der Waals surface area contributed by atoms with Crippen LogP contribution in [0.3, 0.4) is 0 Å². The van der Waals surface area contributed by atoms with E-state index in [1.54, 1.807) is 6.07 Å². The molecular weight excluding hydrogens is 280 g/mol. The highest BCUT2D eigenvalue weighted by molar-refractivity contribution is 5.44. The SMILES string of the molecule is COc1cc(OC)cc(Oc2c(F)cc(CN)cc2F)c1. The number of methoxy groups -OCH3 is 2. The summed E-state index contributed by atoms with van der Waals surface area (Å²) in [7, 11) is 2.94. The smallest absolute Gasteiger partial charge is 0.198 e. The number of nitrogens with two attached hydrogens (primary N) is 1. The molecule has 0 aliphatic heterocycles. The van der Waals surface area contributed by atoms with Crippen molar-refractivity contribution in [2.75, 3.05) is 14.2 Å². The largest absolute Gasteiger partial charge is 0.496 e. The standard InChI is InChI=1S/C15H15F2NO3/c1-19-10-5-11(20-2)7-12(6-10)21-15-13(16)3-9(8-18)4-14(15)17/h3-7H,8,18H2,1-2H3. The van der Waals surface area contributed by atoms with E-state index in [2.05, 4.69) is 0 Å². The molecule has 2 aromatic rings. The molecule has 0 atom stereocenters. The Morgan fingerprint density at radius 2 is 1.33 bits per heavy atom. The third-order valence-corrected chi connectivity index (χ3v) is 2.84. The zero-order chi connectivity index (χ0) is 15.4. The van der Waals surface area contributed by atoms with Crippen LogP contribution in [-0.4, -0.2) is 14.2 Å². The van der Waals surface area contributed by atoms with Gasteiger partial charge in [0.2, 0.25) is 0 Å². The highest BCUT2D eigenvalue weighted by Crippen LogP contribution is 2.33. The van der Waals surface area contributed by atoms with Crippen molar-refractivity contribution < 1.29 is 23.0 Å². The molecule has 0 unspecified atom stereocenters. The second-order valence-electron chi connectivity index (χ2n) is 4.24. The van der Waals surface area contributed by atoms with Crippen molar-refractivity contribution in [2.45, 2.75) is 6.54 Å². The Morgan fingerprint density at radius 1 is 0.857 bits per heavy atom. The molecule has 0 fully saturated rings. The number of ether oxygens (including phenoxy) is 3. The Kier molecular flexibility index (Phi) is 4.59. The van der Waals surface area contributed by atoms with Crippen LogP contribution in [0, 0.1) is 11.6 Å². The summed E-state index contributed by atoms with van der Waals surface area (Å²) in [6.07, 6.45) is 0. The van der Waals surface area contributed by atoms with Crippen molar-refractivity contribution >= 4 is 0 Å². The average molecular weight is 295 g/mol. The predicted octanol–water partition coefficient (Wildman–Crippen LogP) is 3.23. The van der Waals surface area contributed by atoms with Crippen molar-refractivity contribution in [3.05, 3.63) is 47.5 Å². The zero-order valence-electron chi connectivity index (χ0n) is 11.7. The monoisotopic (exact) mass is 295 g/mol. The van der Waals surface area contributed by atoms with Crippen molar-refractivity contribution in [1.29, 1.82) is 0 Å². The third-order valence-electron chi connectivity index (χ3n) is 2.84. The maximum absolute atomic E-state index is 13.9. The first-order valence-electron chi connectivity index (χ1n) is 6.16. The van der Waals surface area contributed by atoms with Crippen molar-refractivity contribution in [2.24, 2.45) is 5.73 Å². The summed E-state index contributed by atoms with van der Waals surface area (Å²) < 4.78 is 43.1. The molecule has 112 valence electrons. The van der Waals surface area contributed by atoms with Crippen LogP contribution >= 0.6 is 0 Å². The van der Waals surface area contributed by atoms with E-state index in [0.29, 0.717) is 17.1 Å². The van der Waals surface area contributed by atoms with Crippen LogP contribution in [0.2, 0.25) is 0 Å². The lowest BCUT2D eigenvalue weighted by atomic mass is 10.2. The van der Waals surface area contributed by atoms with Gasteiger partial charge in [-0.15, -0.1) is 0 Å². The second-order valence-corrected chi connectivity index (χ2v) is 4.24. The van der Waals surface area contributed by atoms with Gasteiger partial charge in [-0.1, -0.05) is 0 Å². The molecule has 2 N–H and O–H groups in total. The number of benzene rings is 2. The molecule has 6 heteroatoms. The minimum absolute atomic E-state index is 0.0428. The van der Waals surface area contributed by atoms with Gasteiger partial charge in [-0.05, 0) is 17.7 Å². The fraction of sp³-hybridized carbons (Fsp3) is 0.200. The van der Waals surface area contributed by atoms with E-state index in [1.807, 2.05) is 0 Å². The molecule has 2 rings (SSSR count). The summed E-state index contributed by atoms with van der Waals surface area (Å²) in [5.74, 6) is -1.05. The maximum Gasteiger partial charge on any atom is 0.198 e. The van der Waals surface area contributed by atoms with Crippen LogP contribution in [0.1, 0.15) is 5.56 Å². The van der Waals surface area contributed by atoms with Gasteiger partial charge in [0.05, 0.1) is 14.2 Å². The van der Waals surface area contributed by atoms with Gasteiger partial charge >= 0.3 is 0 Å². The molecule has 0 saturated heterocycles. The quantitative estimate of drug-likeness (QED) is 0.920. The van der Waals surface area contributed by atoms with Gasteiger partial charge in [0.15, 0.2) is 17.4 Å². The zero-order valence-corrected chi connectivity index (χ0v) is 11.7. The fourth-order valence-corrected chi connectivity index (χ4v) is 1.79. The van der Waals surface area contributed by atoms with E-state index < -0.39 is 17.4 Å². The van der Waals surface area contributed by atoms with E-state index in [0.717, 1.165) is 12.1 Å². The first-order chi connectivity index (χ1) is 10.1. The van der Waals surface area contributed by atoms with Crippen LogP contribution in [0.15, 0.2) is 30.3 Å². The lowest BCUT2D eigenvalue weighted by Gasteiger charge is -2.12. The summed E-state index contributed by atoms with van der Waals surface area (Å²) in [6.45, 7) is 0.0428. The fourth-order valence-electron chi connectivity index (χ4n) is 1.79. The molecule has 2 aromatic carbocycles. The highest BCUT2D eigenvalue weighted by Gasteiger charge is 2.14. The molecular formula is C15H15F2NO3. The molecule has 21 heavy (non-hydrogen) atoms. The van der Waals surface area contributed by atoms with Crippen LogP contribution in [0.25, 0.3) is 0 Å². The second kappa shape index (κ2) is 6.41. The van der Waals surface area contributed by atoms with E-state index in [1.165, 1.54) is 26.4 Å². The van der Waals surface area contributed by atoms with Crippen LogP contribution in [0.5, 0.6) is 23.0 Å². The minimum atomic E-state index is -0.822. The Labute approximate surface area is 121 Å². The van der Waals surface area contributed by atoms with Gasteiger partial charge in [-0.25, -0.2) is 8.78 Å². The molecule has 0 amide bonds. The number of hydrogen-bond acceptors (Lipinski definition) is 4. The molecule has 4 nitrogen and oxygen atoms in total. The number of hydrogen-bond donors (Lipinski definition) is 1. The van der Waals surface area contributed by atoms with Crippen LogP contribution in [-0.2, 0) is 6.54 Å². The maximum atomic E-state index is 13.9. The van der Waals surface area contributed by atoms with Gasteiger partial charge in [0.25, 0.3) is 0 Å². The van der Waals surface area contributed by atoms with Crippen LogP contribution in [0.4, 0.5) is 8.78 Å². The molecule has 0 saturated carbocycles. The molecule has 0 bridgehead atoms.